The second-order valence-electron chi connectivity index (χ2n) is 7.76. The van der Waals surface area contributed by atoms with Gasteiger partial charge in [0.15, 0.2) is 5.76 Å². The van der Waals surface area contributed by atoms with Gasteiger partial charge in [-0.1, -0.05) is 0 Å². The van der Waals surface area contributed by atoms with Crippen LogP contribution in [0.5, 0.6) is 0 Å². The molecule has 2 fully saturated rings. The van der Waals surface area contributed by atoms with E-state index in [-0.39, 0.29) is 36.1 Å². The van der Waals surface area contributed by atoms with Crippen LogP contribution in [0.2, 0.25) is 0 Å². The SMILES string of the molecule is Cc1ccoc1C(=O)NC1CCN(C(=O)C2CC(=O)N(Cc3ccco3)C2)CC1. The summed E-state index contributed by atoms with van der Waals surface area (Å²) < 4.78 is 10.5. The molecule has 2 aromatic heterocycles. The van der Waals surface area contributed by atoms with Crippen molar-refractivity contribution < 1.29 is 23.2 Å². The van der Waals surface area contributed by atoms with E-state index in [0.717, 1.165) is 11.3 Å². The molecule has 0 spiro atoms. The first-order chi connectivity index (χ1) is 14.0. The van der Waals surface area contributed by atoms with E-state index >= 15 is 0 Å². The second-order valence-corrected chi connectivity index (χ2v) is 7.76. The lowest BCUT2D eigenvalue weighted by Gasteiger charge is -2.33. The topological polar surface area (TPSA) is 96.0 Å². The molecule has 0 aliphatic carbocycles. The molecule has 1 N–H and O–H groups in total. The highest BCUT2D eigenvalue weighted by atomic mass is 16.3. The van der Waals surface area contributed by atoms with Gasteiger partial charge < -0.3 is 24.0 Å². The largest absolute Gasteiger partial charge is 0.467 e. The predicted molar refractivity (Wildman–Crippen MR) is 103 cm³/mol. The molecule has 4 rings (SSSR count). The van der Waals surface area contributed by atoms with Gasteiger partial charge in [0, 0.05) is 37.7 Å². The summed E-state index contributed by atoms with van der Waals surface area (Å²) in [6.07, 6.45) is 4.70. The zero-order valence-corrected chi connectivity index (χ0v) is 16.4. The van der Waals surface area contributed by atoms with Gasteiger partial charge >= 0.3 is 0 Å². The summed E-state index contributed by atoms with van der Waals surface area (Å²) in [5, 5.41) is 2.99. The monoisotopic (exact) mass is 399 g/mol. The Morgan fingerprint density at radius 1 is 1.17 bits per heavy atom. The van der Waals surface area contributed by atoms with Crippen LogP contribution >= 0.6 is 0 Å². The van der Waals surface area contributed by atoms with E-state index in [9.17, 15) is 14.4 Å². The first-order valence-electron chi connectivity index (χ1n) is 9.95. The van der Waals surface area contributed by atoms with Gasteiger partial charge in [-0.25, -0.2) is 0 Å². The Morgan fingerprint density at radius 3 is 2.62 bits per heavy atom. The number of amides is 3. The lowest BCUT2D eigenvalue weighted by atomic mass is 10.0. The number of likely N-dealkylation sites (tertiary alicyclic amines) is 2. The number of aryl methyl sites for hydroxylation is 1. The van der Waals surface area contributed by atoms with Crippen molar-refractivity contribution in [1.29, 1.82) is 0 Å². The van der Waals surface area contributed by atoms with Crippen LogP contribution in [0.25, 0.3) is 0 Å². The molecule has 0 bridgehead atoms. The fourth-order valence-electron chi connectivity index (χ4n) is 4.04. The third-order valence-corrected chi connectivity index (χ3v) is 5.70. The number of carbonyl (C=O) groups excluding carboxylic acids is 3. The minimum Gasteiger partial charge on any atom is -0.467 e. The van der Waals surface area contributed by atoms with Crippen LogP contribution in [0.1, 0.15) is 41.1 Å². The highest BCUT2D eigenvalue weighted by Gasteiger charge is 2.37. The molecule has 0 aromatic carbocycles. The summed E-state index contributed by atoms with van der Waals surface area (Å²) in [7, 11) is 0. The zero-order valence-electron chi connectivity index (χ0n) is 16.4. The molecule has 154 valence electrons. The van der Waals surface area contributed by atoms with Crippen LogP contribution in [-0.4, -0.2) is 53.2 Å². The number of piperidine rings is 1. The van der Waals surface area contributed by atoms with E-state index in [1.165, 1.54) is 6.26 Å². The molecule has 1 atom stereocenters. The Labute approximate surface area is 168 Å². The Bertz CT molecular complexity index is 880. The Hall–Kier alpha value is -3.03. The van der Waals surface area contributed by atoms with Gasteiger partial charge in [-0.3, -0.25) is 14.4 Å². The number of hydrogen-bond acceptors (Lipinski definition) is 5. The standard InChI is InChI=1S/C21H25N3O5/c1-14-6-10-29-19(14)20(26)22-16-4-7-23(8-5-16)21(27)15-11-18(25)24(12-15)13-17-3-2-9-28-17/h2-3,6,9-10,15-16H,4-5,7-8,11-13H2,1H3,(H,22,26). The summed E-state index contributed by atoms with van der Waals surface area (Å²) in [5.74, 6) is 0.531. The lowest BCUT2D eigenvalue weighted by molar-refractivity contribution is -0.136. The summed E-state index contributed by atoms with van der Waals surface area (Å²) >= 11 is 0. The number of rotatable bonds is 5. The van der Waals surface area contributed by atoms with Crippen LogP contribution in [-0.2, 0) is 16.1 Å². The van der Waals surface area contributed by atoms with Gasteiger partial charge in [-0.15, -0.1) is 0 Å². The summed E-state index contributed by atoms with van der Waals surface area (Å²) in [6.45, 7) is 3.80. The maximum absolute atomic E-state index is 12.9. The van der Waals surface area contributed by atoms with E-state index in [2.05, 4.69) is 5.32 Å². The van der Waals surface area contributed by atoms with Crippen molar-refractivity contribution in [3.63, 3.8) is 0 Å². The molecule has 1 unspecified atom stereocenters. The van der Waals surface area contributed by atoms with Crippen molar-refractivity contribution in [2.24, 2.45) is 5.92 Å². The van der Waals surface area contributed by atoms with E-state index < -0.39 is 0 Å². The molecule has 4 heterocycles. The molecule has 29 heavy (non-hydrogen) atoms. The van der Waals surface area contributed by atoms with Crippen LogP contribution < -0.4 is 5.32 Å². The van der Waals surface area contributed by atoms with Crippen molar-refractivity contribution in [2.45, 2.75) is 38.8 Å². The molecule has 3 amide bonds. The van der Waals surface area contributed by atoms with Gasteiger partial charge in [0.2, 0.25) is 11.8 Å². The van der Waals surface area contributed by atoms with Crippen molar-refractivity contribution >= 4 is 17.7 Å². The maximum atomic E-state index is 12.9. The summed E-state index contributed by atoms with van der Waals surface area (Å²) in [5.41, 5.74) is 0.806. The van der Waals surface area contributed by atoms with Crippen molar-refractivity contribution in [1.82, 2.24) is 15.1 Å². The fourth-order valence-corrected chi connectivity index (χ4v) is 4.04. The summed E-state index contributed by atoms with van der Waals surface area (Å²) in [4.78, 5) is 40.9. The van der Waals surface area contributed by atoms with Gasteiger partial charge in [0.25, 0.3) is 5.91 Å². The lowest BCUT2D eigenvalue weighted by Crippen LogP contribution is -2.48. The van der Waals surface area contributed by atoms with E-state index in [0.29, 0.717) is 44.8 Å². The highest BCUT2D eigenvalue weighted by molar-refractivity contribution is 5.93. The van der Waals surface area contributed by atoms with Crippen molar-refractivity contribution in [3.05, 3.63) is 47.8 Å². The van der Waals surface area contributed by atoms with Crippen LogP contribution in [0.3, 0.4) is 0 Å². The molecule has 0 saturated carbocycles. The van der Waals surface area contributed by atoms with E-state index in [1.807, 2.05) is 17.9 Å². The Kier molecular flexibility index (Phi) is 5.42. The molecule has 2 aliphatic heterocycles. The molecule has 2 saturated heterocycles. The zero-order chi connectivity index (χ0) is 20.4. The number of hydrogen-bond donors (Lipinski definition) is 1. The minimum atomic E-state index is -0.311. The average molecular weight is 399 g/mol. The first-order valence-corrected chi connectivity index (χ1v) is 9.95. The number of nitrogens with one attached hydrogen (secondary N) is 1. The molecule has 2 aliphatic rings. The molecule has 8 heteroatoms. The molecule has 0 radical (unpaired) electrons. The Balaban J connectivity index is 1.26. The smallest absolute Gasteiger partial charge is 0.287 e. The van der Waals surface area contributed by atoms with Gasteiger partial charge in [0.1, 0.15) is 5.76 Å². The minimum absolute atomic E-state index is 0.0108. The second kappa shape index (κ2) is 8.14. The van der Waals surface area contributed by atoms with Crippen LogP contribution in [0, 0.1) is 12.8 Å². The Morgan fingerprint density at radius 2 is 1.97 bits per heavy atom. The maximum Gasteiger partial charge on any atom is 0.287 e. The number of nitrogens with zero attached hydrogens (tertiary/aromatic N) is 2. The van der Waals surface area contributed by atoms with Crippen LogP contribution in [0.4, 0.5) is 0 Å². The van der Waals surface area contributed by atoms with E-state index in [4.69, 9.17) is 8.83 Å². The van der Waals surface area contributed by atoms with Gasteiger partial charge in [-0.05, 0) is 38.0 Å². The highest BCUT2D eigenvalue weighted by Crippen LogP contribution is 2.24. The molecular formula is C21H25N3O5. The summed E-state index contributed by atoms with van der Waals surface area (Å²) in [6, 6.07) is 5.38. The number of furan rings is 2. The average Bonchev–Trinajstić information content (AvgIpc) is 3.45. The van der Waals surface area contributed by atoms with Crippen molar-refractivity contribution in [2.75, 3.05) is 19.6 Å². The third kappa shape index (κ3) is 4.21. The van der Waals surface area contributed by atoms with E-state index in [1.54, 1.807) is 23.3 Å². The quantitative estimate of drug-likeness (QED) is 0.829. The van der Waals surface area contributed by atoms with Crippen molar-refractivity contribution in [3.8, 4) is 0 Å². The predicted octanol–water partition coefficient (Wildman–Crippen LogP) is 1.95. The first kappa shape index (κ1) is 19.3. The van der Waals surface area contributed by atoms with Crippen LogP contribution in [0.15, 0.2) is 39.6 Å². The van der Waals surface area contributed by atoms with Gasteiger partial charge in [0.05, 0.1) is 25.0 Å². The molecule has 8 nitrogen and oxygen atoms in total. The number of carbonyl (C=O) groups is 3. The fraction of sp³-hybridized carbons (Fsp3) is 0.476. The molecule has 2 aromatic rings. The third-order valence-electron chi connectivity index (χ3n) is 5.70. The van der Waals surface area contributed by atoms with Gasteiger partial charge in [-0.2, -0.15) is 0 Å². The normalized spacial score (nSPS) is 20.3. The molecular weight excluding hydrogens is 374 g/mol.